The SMILES string of the molecule is CCOP(=O)(OCC)C(=CC(=O)OC(C)(C)C)P(=O)(OCC)OCC. The van der Waals surface area contributed by atoms with E-state index in [0.717, 1.165) is 6.08 Å². The van der Waals surface area contributed by atoms with Crippen molar-refractivity contribution in [1.82, 2.24) is 0 Å². The highest BCUT2D eigenvalue weighted by atomic mass is 31.2. The Balaban J connectivity index is 6.23. The second-order valence-electron chi connectivity index (χ2n) is 5.70. The van der Waals surface area contributed by atoms with Crippen molar-refractivity contribution < 1.29 is 36.8 Å². The lowest BCUT2D eigenvalue weighted by Gasteiger charge is -2.26. The number of esters is 1. The summed E-state index contributed by atoms with van der Waals surface area (Å²) in [7, 11) is -8.17. The third kappa shape index (κ3) is 8.16. The molecule has 0 radical (unpaired) electrons. The Morgan fingerprint density at radius 1 is 0.800 bits per heavy atom. The maximum absolute atomic E-state index is 13.2. The van der Waals surface area contributed by atoms with Crippen LogP contribution in [0.25, 0.3) is 0 Å². The number of rotatable bonds is 11. The predicted molar refractivity (Wildman–Crippen MR) is 95.6 cm³/mol. The molecule has 0 N–H and O–H groups in total. The van der Waals surface area contributed by atoms with Crippen molar-refractivity contribution in [3.05, 3.63) is 11.1 Å². The van der Waals surface area contributed by atoms with Crippen LogP contribution in [-0.4, -0.2) is 38.0 Å². The minimum absolute atomic E-state index is 0.0151. The molecule has 0 saturated carbocycles. The minimum atomic E-state index is -4.08. The predicted octanol–water partition coefficient (Wildman–Crippen LogP) is 4.70. The number of carbonyl (C=O) groups is 1. The van der Waals surface area contributed by atoms with Gasteiger partial charge in [-0.25, -0.2) is 4.79 Å². The van der Waals surface area contributed by atoms with Gasteiger partial charge < -0.3 is 22.8 Å². The molecule has 0 aromatic rings. The Hall–Kier alpha value is -0.490. The lowest BCUT2D eigenvalue weighted by molar-refractivity contribution is -0.148. The molecule has 0 aliphatic carbocycles. The van der Waals surface area contributed by atoms with Gasteiger partial charge in [0.05, 0.1) is 26.4 Å². The smallest absolute Gasteiger partial charge is 0.369 e. The molecule has 0 aromatic carbocycles. The first kappa shape index (κ1) is 24.5. The largest absolute Gasteiger partial charge is 0.457 e. The fourth-order valence-corrected chi connectivity index (χ4v) is 6.22. The normalized spacial score (nSPS) is 12.8. The van der Waals surface area contributed by atoms with E-state index in [9.17, 15) is 13.9 Å². The van der Waals surface area contributed by atoms with E-state index < -0.39 is 31.8 Å². The molecule has 0 fully saturated rings. The van der Waals surface area contributed by atoms with E-state index in [1.165, 1.54) is 0 Å². The van der Waals surface area contributed by atoms with Gasteiger partial charge in [0.1, 0.15) is 5.60 Å². The molecule has 0 unspecified atom stereocenters. The fraction of sp³-hybridized carbons (Fsp3) is 0.800. The van der Waals surface area contributed by atoms with E-state index in [1.807, 2.05) is 0 Å². The van der Waals surface area contributed by atoms with E-state index in [2.05, 4.69) is 0 Å². The van der Waals surface area contributed by atoms with Gasteiger partial charge in [-0.1, -0.05) is 0 Å². The summed E-state index contributed by atoms with van der Waals surface area (Å²) >= 11 is 0. The Morgan fingerprint density at radius 2 is 1.12 bits per heavy atom. The number of ether oxygens (including phenoxy) is 1. The van der Waals surface area contributed by atoms with Gasteiger partial charge in [-0.3, -0.25) is 9.13 Å². The van der Waals surface area contributed by atoms with Crippen LogP contribution >= 0.6 is 15.2 Å². The number of hydrogen-bond acceptors (Lipinski definition) is 8. The van der Waals surface area contributed by atoms with Gasteiger partial charge in [-0.05, 0) is 48.5 Å². The van der Waals surface area contributed by atoms with Gasteiger partial charge in [0.2, 0.25) is 0 Å². The highest BCUT2D eigenvalue weighted by molar-refractivity contribution is 7.78. The summed E-state index contributed by atoms with van der Waals surface area (Å²) in [5, 5.41) is -0.457. The second kappa shape index (κ2) is 10.6. The third-order valence-corrected chi connectivity index (χ3v) is 7.65. The van der Waals surface area contributed by atoms with E-state index in [4.69, 9.17) is 22.8 Å². The molecule has 0 aliphatic rings. The third-order valence-electron chi connectivity index (χ3n) is 2.41. The lowest BCUT2D eigenvalue weighted by atomic mass is 10.2. The first-order valence-corrected chi connectivity index (χ1v) is 11.3. The van der Waals surface area contributed by atoms with Crippen LogP contribution in [0.2, 0.25) is 0 Å². The molecule has 0 amide bonds. The molecule has 0 spiro atoms. The van der Waals surface area contributed by atoms with Crippen molar-refractivity contribution in [2.24, 2.45) is 0 Å². The van der Waals surface area contributed by atoms with Crippen molar-refractivity contribution in [2.75, 3.05) is 26.4 Å². The van der Waals surface area contributed by atoms with Gasteiger partial charge in [0, 0.05) is 6.08 Å². The van der Waals surface area contributed by atoms with E-state index in [0.29, 0.717) is 0 Å². The van der Waals surface area contributed by atoms with E-state index >= 15 is 0 Å². The van der Waals surface area contributed by atoms with Gasteiger partial charge in [-0.15, -0.1) is 0 Å². The molecular formula is C15H30O8P2. The quantitative estimate of drug-likeness (QED) is 0.280. The molecule has 148 valence electrons. The molecule has 0 rings (SSSR count). The van der Waals surface area contributed by atoms with Crippen LogP contribution in [0.1, 0.15) is 48.5 Å². The monoisotopic (exact) mass is 400 g/mol. The highest BCUT2D eigenvalue weighted by Crippen LogP contribution is 2.73. The van der Waals surface area contributed by atoms with Gasteiger partial charge >= 0.3 is 21.2 Å². The summed E-state index contributed by atoms with van der Waals surface area (Å²) in [6.45, 7) is 11.5. The molecule has 0 aromatic heterocycles. The standard InChI is InChI=1S/C15H30O8P2/c1-8-19-24(17,20-9-2)14(12-13(16)23-15(5,6)7)25(18,21-10-3)22-11-4/h12H,8-11H2,1-7H3. The zero-order chi connectivity index (χ0) is 19.7. The zero-order valence-electron chi connectivity index (χ0n) is 16.1. The second-order valence-corrected chi connectivity index (χ2v) is 10.0. The summed E-state index contributed by atoms with van der Waals surface area (Å²) in [4.78, 5) is 12.2. The van der Waals surface area contributed by atoms with Crippen LogP contribution in [0.15, 0.2) is 11.1 Å². The lowest BCUT2D eigenvalue weighted by Crippen LogP contribution is -2.23. The maximum Gasteiger partial charge on any atom is 0.369 e. The van der Waals surface area contributed by atoms with Crippen molar-refractivity contribution in [1.29, 1.82) is 0 Å². The van der Waals surface area contributed by atoms with Crippen molar-refractivity contribution in [2.45, 2.75) is 54.1 Å². The molecule has 25 heavy (non-hydrogen) atoms. The molecule has 0 aliphatic heterocycles. The van der Waals surface area contributed by atoms with Gasteiger partial charge in [-0.2, -0.15) is 0 Å². The number of hydrogen-bond donors (Lipinski definition) is 0. The zero-order valence-corrected chi connectivity index (χ0v) is 17.9. The Kier molecular flexibility index (Phi) is 10.4. The molecule has 0 bridgehead atoms. The van der Waals surface area contributed by atoms with Crippen molar-refractivity contribution >= 4 is 21.2 Å². The summed E-state index contributed by atoms with van der Waals surface area (Å²) in [5.41, 5.74) is -0.791. The Labute approximate surface area is 150 Å². The maximum atomic E-state index is 13.2. The van der Waals surface area contributed by atoms with Crippen LogP contribution in [0.5, 0.6) is 0 Å². The molecule has 8 nitrogen and oxygen atoms in total. The average molecular weight is 400 g/mol. The molecule has 10 heteroatoms. The van der Waals surface area contributed by atoms with E-state index in [-0.39, 0.29) is 26.4 Å². The fourth-order valence-electron chi connectivity index (χ4n) is 1.76. The van der Waals surface area contributed by atoms with Gasteiger partial charge in [0.25, 0.3) is 0 Å². The van der Waals surface area contributed by atoms with Crippen LogP contribution < -0.4 is 0 Å². The summed E-state index contributed by atoms with van der Waals surface area (Å²) in [6, 6.07) is 0. The molecular weight excluding hydrogens is 370 g/mol. The summed E-state index contributed by atoms with van der Waals surface area (Å²) in [6.07, 6.45) is 0.837. The number of carbonyl (C=O) groups excluding carboxylic acids is 1. The first-order valence-electron chi connectivity index (χ1n) is 8.22. The summed E-state index contributed by atoms with van der Waals surface area (Å²) < 4.78 is 52.4. The molecule has 0 atom stereocenters. The summed E-state index contributed by atoms with van der Waals surface area (Å²) in [5.74, 6) is -0.846. The topological polar surface area (TPSA) is 97.4 Å². The van der Waals surface area contributed by atoms with Crippen LogP contribution in [-0.2, 0) is 36.8 Å². The minimum Gasteiger partial charge on any atom is -0.457 e. The van der Waals surface area contributed by atoms with Crippen molar-refractivity contribution in [3.8, 4) is 0 Å². The molecule has 0 heterocycles. The average Bonchev–Trinajstić information content (AvgIpc) is 2.43. The highest BCUT2D eigenvalue weighted by Gasteiger charge is 2.46. The van der Waals surface area contributed by atoms with Crippen LogP contribution in [0.3, 0.4) is 0 Å². The first-order chi connectivity index (χ1) is 11.5. The molecule has 0 saturated heterocycles. The Bertz CT molecular complexity index is 498. The van der Waals surface area contributed by atoms with E-state index in [1.54, 1.807) is 48.5 Å². The van der Waals surface area contributed by atoms with Crippen molar-refractivity contribution in [3.63, 3.8) is 0 Å². The Morgan fingerprint density at radius 3 is 1.36 bits per heavy atom. The van der Waals surface area contributed by atoms with Gasteiger partial charge in [0.15, 0.2) is 5.06 Å². The van der Waals surface area contributed by atoms with Crippen LogP contribution in [0, 0.1) is 0 Å². The van der Waals surface area contributed by atoms with Crippen LogP contribution in [0.4, 0.5) is 0 Å².